The van der Waals surface area contributed by atoms with Crippen LogP contribution in [0, 0.1) is 0 Å². The van der Waals surface area contributed by atoms with Crippen LogP contribution in [-0.2, 0) is 27.4 Å². The third-order valence-corrected chi connectivity index (χ3v) is 7.05. The Morgan fingerprint density at radius 2 is 1.76 bits per heavy atom. The summed E-state index contributed by atoms with van der Waals surface area (Å²) in [7, 11) is -4.08. The van der Waals surface area contributed by atoms with Crippen molar-refractivity contribution < 1.29 is 26.4 Å². The Bertz CT molecular complexity index is 1420. The Morgan fingerprint density at radius 1 is 1.06 bits per heavy atom. The Hall–Kier alpha value is -3.24. The predicted octanol–water partition coefficient (Wildman–Crippen LogP) is 2.69. The lowest BCUT2D eigenvalue weighted by Gasteiger charge is -2.11. The van der Waals surface area contributed by atoms with Gasteiger partial charge in [0.1, 0.15) is 6.04 Å². The molecule has 2 heterocycles. The molecule has 1 unspecified atom stereocenters. The molecule has 170 valence electrons. The van der Waals surface area contributed by atoms with Crippen LogP contribution in [0.15, 0.2) is 75.7 Å². The second-order valence-electron chi connectivity index (χ2n) is 7.18. The van der Waals surface area contributed by atoms with Gasteiger partial charge in [-0.3, -0.25) is 14.8 Å². The standard InChI is InChI=1S/C22H15ClF3N3O3S/c23-18-10-16(5-6-17(18)22(24,25)26)33(31,32)15-3-1-13(2-4-15)11-28-21(30)20-9-14-12-27-8-7-19(14)29-20/h1-10,12,20H,11H2,(H,28,30). The summed E-state index contributed by atoms with van der Waals surface area (Å²) in [6.45, 7) is 0.139. The Morgan fingerprint density at radius 3 is 2.39 bits per heavy atom. The molecule has 4 rings (SSSR count). The van der Waals surface area contributed by atoms with E-state index in [0.29, 0.717) is 17.0 Å². The lowest BCUT2D eigenvalue weighted by molar-refractivity contribution is -0.137. The topological polar surface area (TPSA) is 88.5 Å². The first-order valence-electron chi connectivity index (χ1n) is 9.54. The minimum absolute atomic E-state index is 0.115. The summed E-state index contributed by atoms with van der Waals surface area (Å²) in [4.78, 5) is 20.2. The number of hydrogen-bond donors (Lipinski definition) is 1. The van der Waals surface area contributed by atoms with Gasteiger partial charge in [-0.05, 0) is 48.0 Å². The van der Waals surface area contributed by atoms with Crippen molar-refractivity contribution in [1.82, 2.24) is 10.3 Å². The molecule has 0 saturated heterocycles. The molecule has 0 aliphatic carbocycles. The first-order chi connectivity index (χ1) is 15.6. The van der Waals surface area contributed by atoms with Crippen molar-refractivity contribution in [3.8, 4) is 0 Å². The van der Waals surface area contributed by atoms with Crippen molar-refractivity contribution in [2.24, 2.45) is 4.99 Å². The quantitative estimate of drug-likeness (QED) is 0.592. The fourth-order valence-electron chi connectivity index (χ4n) is 3.25. The molecule has 11 heteroatoms. The summed E-state index contributed by atoms with van der Waals surface area (Å²) >= 11 is 5.65. The molecule has 3 aromatic rings. The van der Waals surface area contributed by atoms with Crippen LogP contribution in [0.1, 0.15) is 11.1 Å². The van der Waals surface area contributed by atoms with E-state index < -0.39 is 32.6 Å². The van der Waals surface area contributed by atoms with Gasteiger partial charge in [-0.1, -0.05) is 23.7 Å². The number of nitrogens with one attached hydrogen (secondary N) is 1. The Labute approximate surface area is 191 Å². The zero-order valence-corrected chi connectivity index (χ0v) is 18.2. The van der Waals surface area contributed by atoms with Gasteiger partial charge in [0.25, 0.3) is 0 Å². The van der Waals surface area contributed by atoms with Crippen LogP contribution < -0.4 is 15.9 Å². The van der Waals surface area contributed by atoms with Crippen molar-refractivity contribution in [3.63, 3.8) is 0 Å². The minimum Gasteiger partial charge on any atom is -0.350 e. The predicted molar refractivity (Wildman–Crippen MR) is 113 cm³/mol. The number of carbonyl (C=O) groups excluding carboxylic acids is 1. The number of amides is 1. The van der Waals surface area contributed by atoms with Crippen LogP contribution in [0.2, 0.25) is 5.02 Å². The van der Waals surface area contributed by atoms with Crippen LogP contribution >= 0.6 is 11.6 Å². The van der Waals surface area contributed by atoms with E-state index in [-0.39, 0.29) is 22.2 Å². The van der Waals surface area contributed by atoms with Gasteiger partial charge >= 0.3 is 6.18 Å². The molecule has 0 fully saturated rings. The smallest absolute Gasteiger partial charge is 0.350 e. The number of aromatic nitrogens is 1. The lowest BCUT2D eigenvalue weighted by Crippen LogP contribution is -2.31. The molecule has 1 aromatic heterocycles. The van der Waals surface area contributed by atoms with Gasteiger partial charge in [-0.15, -0.1) is 0 Å². The highest BCUT2D eigenvalue weighted by Crippen LogP contribution is 2.36. The van der Waals surface area contributed by atoms with Crippen LogP contribution in [-0.4, -0.2) is 25.4 Å². The summed E-state index contributed by atoms with van der Waals surface area (Å²) in [5.41, 5.74) is -0.482. The van der Waals surface area contributed by atoms with Gasteiger partial charge in [0.2, 0.25) is 15.7 Å². The fourth-order valence-corrected chi connectivity index (χ4v) is 4.89. The molecular weight excluding hydrogens is 479 g/mol. The SMILES string of the molecule is O=C(NCc1ccc(S(=O)(=O)c2ccc(C(F)(F)F)c(Cl)c2)cc1)C1C=c2cnccc2=N1. The van der Waals surface area contributed by atoms with E-state index in [4.69, 9.17) is 11.6 Å². The van der Waals surface area contributed by atoms with E-state index in [0.717, 1.165) is 17.4 Å². The maximum absolute atomic E-state index is 12.9. The number of fused-ring (bicyclic) bond motifs is 1. The zero-order valence-electron chi connectivity index (χ0n) is 16.7. The molecule has 0 spiro atoms. The molecule has 0 saturated carbocycles. The molecular formula is C22H15ClF3N3O3S. The Kier molecular flexibility index (Phi) is 5.98. The molecule has 1 aliphatic heterocycles. The highest BCUT2D eigenvalue weighted by molar-refractivity contribution is 7.91. The second kappa shape index (κ2) is 8.60. The largest absolute Gasteiger partial charge is 0.417 e. The molecule has 1 atom stereocenters. The first kappa shape index (κ1) is 22.9. The highest BCUT2D eigenvalue weighted by atomic mass is 35.5. The van der Waals surface area contributed by atoms with E-state index in [1.54, 1.807) is 24.5 Å². The van der Waals surface area contributed by atoms with Gasteiger partial charge in [0.15, 0.2) is 0 Å². The maximum Gasteiger partial charge on any atom is 0.417 e. The van der Waals surface area contributed by atoms with Gasteiger partial charge < -0.3 is 5.32 Å². The van der Waals surface area contributed by atoms with Gasteiger partial charge in [0, 0.05) is 24.2 Å². The van der Waals surface area contributed by atoms with Gasteiger partial charge in [-0.25, -0.2) is 8.42 Å². The van der Waals surface area contributed by atoms with E-state index in [9.17, 15) is 26.4 Å². The molecule has 1 amide bonds. The summed E-state index contributed by atoms with van der Waals surface area (Å²) < 4.78 is 64.2. The van der Waals surface area contributed by atoms with Crippen LogP contribution in [0.5, 0.6) is 0 Å². The van der Waals surface area contributed by atoms with Crippen LogP contribution in [0.4, 0.5) is 13.2 Å². The number of carbonyl (C=O) groups is 1. The summed E-state index contributed by atoms with van der Waals surface area (Å²) in [5.74, 6) is -0.317. The number of hydrogen-bond acceptors (Lipinski definition) is 5. The number of nitrogens with zero attached hydrogens (tertiary/aromatic N) is 2. The second-order valence-corrected chi connectivity index (χ2v) is 9.54. The van der Waals surface area contributed by atoms with Crippen molar-refractivity contribution in [2.45, 2.75) is 28.6 Å². The number of sulfone groups is 1. The average Bonchev–Trinajstić information content (AvgIpc) is 3.21. The number of benzene rings is 2. The van der Waals surface area contributed by atoms with Gasteiger partial charge in [0.05, 0.1) is 25.7 Å². The van der Waals surface area contributed by atoms with Crippen LogP contribution in [0.25, 0.3) is 6.08 Å². The molecule has 6 nitrogen and oxygen atoms in total. The van der Waals surface area contributed by atoms with Crippen molar-refractivity contribution in [3.05, 3.63) is 87.7 Å². The molecule has 1 aliphatic rings. The molecule has 0 radical (unpaired) electrons. The number of alkyl halides is 3. The lowest BCUT2D eigenvalue weighted by atomic mass is 10.2. The van der Waals surface area contributed by atoms with E-state index in [1.807, 2.05) is 0 Å². The molecule has 2 aromatic carbocycles. The first-order valence-corrected chi connectivity index (χ1v) is 11.4. The monoisotopic (exact) mass is 493 g/mol. The third kappa shape index (κ3) is 4.76. The minimum atomic E-state index is -4.69. The van der Waals surface area contributed by atoms with Crippen molar-refractivity contribution >= 4 is 33.4 Å². The van der Waals surface area contributed by atoms with Crippen molar-refractivity contribution in [1.29, 1.82) is 0 Å². The van der Waals surface area contributed by atoms with E-state index in [1.165, 1.54) is 24.3 Å². The van der Waals surface area contributed by atoms with Crippen molar-refractivity contribution in [2.75, 3.05) is 0 Å². The maximum atomic E-state index is 12.9. The normalized spacial score (nSPS) is 15.3. The molecule has 1 N–H and O–H groups in total. The molecule has 33 heavy (non-hydrogen) atoms. The summed E-state index contributed by atoms with van der Waals surface area (Å²) in [5, 5.41) is 3.49. The fraction of sp³-hybridized carbons (Fsp3) is 0.136. The summed E-state index contributed by atoms with van der Waals surface area (Å²) in [6, 6.07) is 8.97. The number of pyridine rings is 1. The van der Waals surface area contributed by atoms with E-state index in [2.05, 4.69) is 15.3 Å². The Balaban J connectivity index is 1.45. The zero-order chi connectivity index (χ0) is 23.8. The summed E-state index contributed by atoms with van der Waals surface area (Å²) in [6.07, 6.45) is 0.219. The number of rotatable bonds is 5. The van der Waals surface area contributed by atoms with Crippen LogP contribution in [0.3, 0.4) is 0 Å². The third-order valence-electron chi connectivity index (χ3n) is 4.97. The number of halogens is 4. The highest BCUT2D eigenvalue weighted by Gasteiger charge is 2.34. The molecule has 0 bridgehead atoms. The van der Waals surface area contributed by atoms with Gasteiger partial charge in [-0.2, -0.15) is 13.2 Å². The average molecular weight is 494 g/mol. The van der Waals surface area contributed by atoms with E-state index >= 15 is 0 Å².